The SMILES string of the molecule is CCCCC1=NC(C)=CC(C)C(C)C1. The summed E-state index contributed by atoms with van der Waals surface area (Å²) in [7, 11) is 0. The van der Waals surface area contributed by atoms with Gasteiger partial charge in [-0.2, -0.15) is 0 Å². The van der Waals surface area contributed by atoms with Gasteiger partial charge in [0.1, 0.15) is 0 Å². The van der Waals surface area contributed by atoms with E-state index in [9.17, 15) is 0 Å². The molecule has 0 saturated heterocycles. The Morgan fingerprint density at radius 1 is 1.43 bits per heavy atom. The molecule has 0 spiro atoms. The fraction of sp³-hybridized carbons (Fsp3) is 0.769. The van der Waals surface area contributed by atoms with E-state index >= 15 is 0 Å². The fourth-order valence-electron chi connectivity index (χ4n) is 1.97. The number of unbranched alkanes of at least 4 members (excludes halogenated alkanes) is 1. The highest BCUT2D eigenvalue weighted by Gasteiger charge is 2.16. The molecule has 0 aliphatic carbocycles. The van der Waals surface area contributed by atoms with Gasteiger partial charge in [0, 0.05) is 11.4 Å². The van der Waals surface area contributed by atoms with E-state index in [0.717, 1.165) is 5.92 Å². The molecule has 1 heteroatoms. The topological polar surface area (TPSA) is 12.4 Å². The van der Waals surface area contributed by atoms with Gasteiger partial charge >= 0.3 is 0 Å². The first-order chi connectivity index (χ1) is 6.63. The van der Waals surface area contributed by atoms with Gasteiger partial charge < -0.3 is 0 Å². The summed E-state index contributed by atoms with van der Waals surface area (Å²) in [6, 6.07) is 0. The average molecular weight is 193 g/mol. The summed E-state index contributed by atoms with van der Waals surface area (Å²) in [5, 5.41) is 0. The molecule has 80 valence electrons. The lowest BCUT2D eigenvalue weighted by Gasteiger charge is -2.14. The molecule has 0 fully saturated rings. The number of aliphatic imine (C=N–C) groups is 1. The predicted molar refractivity (Wildman–Crippen MR) is 63.7 cm³/mol. The van der Waals surface area contributed by atoms with Crippen LogP contribution >= 0.6 is 0 Å². The van der Waals surface area contributed by atoms with Crippen LogP contribution in [-0.4, -0.2) is 5.71 Å². The zero-order valence-electron chi connectivity index (χ0n) is 10.0. The lowest BCUT2D eigenvalue weighted by molar-refractivity contribution is 0.476. The summed E-state index contributed by atoms with van der Waals surface area (Å²) in [4.78, 5) is 4.69. The Hall–Kier alpha value is -0.590. The van der Waals surface area contributed by atoms with E-state index in [1.807, 2.05) is 0 Å². The minimum absolute atomic E-state index is 0.679. The van der Waals surface area contributed by atoms with E-state index in [1.165, 1.54) is 37.1 Å². The van der Waals surface area contributed by atoms with Gasteiger partial charge in [-0.15, -0.1) is 0 Å². The number of hydrogen-bond acceptors (Lipinski definition) is 1. The van der Waals surface area contributed by atoms with Gasteiger partial charge in [0.05, 0.1) is 0 Å². The maximum atomic E-state index is 4.69. The fourth-order valence-corrected chi connectivity index (χ4v) is 1.97. The third-order valence-corrected chi connectivity index (χ3v) is 3.11. The molecule has 1 rings (SSSR count). The first-order valence-electron chi connectivity index (χ1n) is 5.88. The summed E-state index contributed by atoms with van der Waals surface area (Å²) in [5.41, 5.74) is 2.63. The van der Waals surface area contributed by atoms with Gasteiger partial charge in [0.2, 0.25) is 0 Å². The van der Waals surface area contributed by atoms with Gasteiger partial charge in [0.15, 0.2) is 0 Å². The maximum absolute atomic E-state index is 4.69. The molecule has 1 aliphatic heterocycles. The quantitative estimate of drug-likeness (QED) is 0.637. The molecule has 0 radical (unpaired) electrons. The highest BCUT2D eigenvalue weighted by Crippen LogP contribution is 2.24. The summed E-state index contributed by atoms with van der Waals surface area (Å²) >= 11 is 0. The molecule has 1 aliphatic rings. The van der Waals surface area contributed by atoms with Gasteiger partial charge in [-0.3, -0.25) is 4.99 Å². The third kappa shape index (κ3) is 3.28. The Balaban J connectivity index is 2.64. The van der Waals surface area contributed by atoms with E-state index < -0.39 is 0 Å². The first kappa shape index (κ1) is 11.5. The van der Waals surface area contributed by atoms with Crippen LogP contribution in [0.1, 0.15) is 53.4 Å². The van der Waals surface area contributed by atoms with Crippen molar-refractivity contribution in [3.63, 3.8) is 0 Å². The summed E-state index contributed by atoms with van der Waals surface area (Å²) in [5.74, 6) is 1.43. The number of rotatable bonds is 3. The van der Waals surface area contributed by atoms with Crippen molar-refractivity contribution in [1.29, 1.82) is 0 Å². The maximum Gasteiger partial charge on any atom is 0.0335 e. The second-order valence-corrected chi connectivity index (χ2v) is 4.63. The molecule has 1 nitrogen and oxygen atoms in total. The van der Waals surface area contributed by atoms with Crippen LogP contribution in [-0.2, 0) is 0 Å². The van der Waals surface area contributed by atoms with Crippen molar-refractivity contribution < 1.29 is 0 Å². The molecule has 2 atom stereocenters. The van der Waals surface area contributed by atoms with E-state index in [0.29, 0.717) is 5.92 Å². The van der Waals surface area contributed by atoms with Gasteiger partial charge in [-0.1, -0.05) is 33.3 Å². The summed E-state index contributed by atoms with van der Waals surface area (Å²) < 4.78 is 0. The van der Waals surface area contributed by atoms with Crippen molar-refractivity contribution in [2.45, 2.75) is 53.4 Å². The molecular weight excluding hydrogens is 170 g/mol. The predicted octanol–water partition coefficient (Wildman–Crippen LogP) is 4.20. The van der Waals surface area contributed by atoms with Crippen molar-refractivity contribution in [2.24, 2.45) is 16.8 Å². The Kier molecular flexibility index (Phi) is 4.37. The molecule has 2 unspecified atom stereocenters. The molecule has 0 N–H and O–H groups in total. The van der Waals surface area contributed by atoms with Crippen LogP contribution in [0.25, 0.3) is 0 Å². The lowest BCUT2D eigenvalue weighted by Crippen LogP contribution is -2.09. The second-order valence-electron chi connectivity index (χ2n) is 4.63. The van der Waals surface area contributed by atoms with Gasteiger partial charge in [-0.05, 0) is 38.0 Å². The Labute approximate surface area is 88.3 Å². The van der Waals surface area contributed by atoms with Crippen LogP contribution in [0, 0.1) is 11.8 Å². The van der Waals surface area contributed by atoms with Gasteiger partial charge in [-0.25, -0.2) is 0 Å². The number of hydrogen-bond donors (Lipinski definition) is 0. The Bertz CT molecular complexity index is 238. The standard InChI is InChI=1S/C13H23N/c1-5-6-7-13-9-11(3)10(2)8-12(4)14-13/h8,10-11H,5-7,9H2,1-4H3. The van der Waals surface area contributed by atoms with Crippen LogP contribution < -0.4 is 0 Å². The third-order valence-electron chi connectivity index (χ3n) is 3.11. The van der Waals surface area contributed by atoms with Crippen molar-refractivity contribution in [3.8, 4) is 0 Å². The Morgan fingerprint density at radius 2 is 2.14 bits per heavy atom. The van der Waals surface area contributed by atoms with Crippen LogP contribution in [0.4, 0.5) is 0 Å². The van der Waals surface area contributed by atoms with Crippen molar-refractivity contribution in [2.75, 3.05) is 0 Å². The monoisotopic (exact) mass is 193 g/mol. The lowest BCUT2D eigenvalue weighted by atomic mass is 9.90. The average Bonchev–Trinajstić information content (AvgIpc) is 2.23. The Morgan fingerprint density at radius 3 is 2.79 bits per heavy atom. The molecular formula is C13H23N. The normalized spacial score (nSPS) is 28.0. The molecule has 0 saturated carbocycles. The van der Waals surface area contributed by atoms with Crippen LogP contribution in [0.15, 0.2) is 16.8 Å². The highest BCUT2D eigenvalue weighted by atomic mass is 14.8. The zero-order valence-corrected chi connectivity index (χ0v) is 10.0. The van der Waals surface area contributed by atoms with E-state index in [1.54, 1.807) is 0 Å². The number of nitrogens with zero attached hydrogens (tertiary/aromatic N) is 1. The smallest absolute Gasteiger partial charge is 0.0335 e. The second kappa shape index (κ2) is 5.33. The van der Waals surface area contributed by atoms with Crippen LogP contribution in [0.5, 0.6) is 0 Å². The van der Waals surface area contributed by atoms with E-state index in [-0.39, 0.29) is 0 Å². The van der Waals surface area contributed by atoms with Crippen LogP contribution in [0.2, 0.25) is 0 Å². The molecule has 14 heavy (non-hydrogen) atoms. The zero-order chi connectivity index (χ0) is 10.6. The van der Waals surface area contributed by atoms with E-state index in [4.69, 9.17) is 4.99 Å². The molecule has 0 aromatic carbocycles. The minimum atomic E-state index is 0.679. The largest absolute Gasteiger partial charge is 0.263 e. The molecule has 1 heterocycles. The summed E-state index contributed by atoms with van der Waals surface area (Å²) in [6.07, 6.45) is 7.25. The van der Waals surface area contributed by atoms with Crippen molar-refractivity contribution in [1.82, 2.24) is 0 Å². The highest BCUT2D eigenvalue weighted by molar-refractivity contribution is 5.85. The van der Waals surface area contributed by atoms with Crippen LogP contribution in [0.3, 0.4) is 0 Å². The molecule has 0 aromatic rings. The first-order valence-corrected chi connectivity index (χ1v) is 5.88. The summed E-state index contributed by atoms with van der Waals surface area (Å²) in [6.45, 7) is 9.00. The molecule has 0 bridgehead atoms. The number of allylic oxidation sites excluding steroid dienone is 2. The van der Waals surface area contributed by atoms with Crippen molar-refractivity contribution >= 4 is 5.71 Å². The van der Waals surface area contributed by atoms with E-state index in [2.05, 4.69) is 33.8 Å². The molecule has 0 amide bonds. The molecule has 0 aromatic heterocycles. The van der Waals surface area contributed by atoms with Crippen molar-refractivity contribution in [3.05, 3.63) is 11.8 Å². The minimum Gasteiger partial charge on any atom is -0.263 e. The van der Waals surface area contributed by atoms with Gasteiger partial charge in [0.25, 0.3) is 0 Å².